The van der Waals surface area contributed by atoms with Gasteiger partial charge in [0, 0.05) is 54.6 Å². The summed E-state index contributed by atoms with van der Waals surface area (Å²) in [5.74, 6) is 0.905. The van der Waals surface area contributed by atoms with Gasteiger partial charge in [0.1, 0.15) is 0 Å². The Hall–Kier alpha value is -1.85. The average molecular weight is 536 g/mol. The molecule has 1 fully saturated rings. The first kappa shape index (κ1) is 21.4. The second kappa shape index (κ2) is 9.11. The van der Waals surface area contributed by atoms with Gasteiger partial charge in [0.2, 0.25) is 0 Å². The van der Waals surface area contributed by atoms with Crippen molar-refractivity contribution in [3.8, 4) is 16.5 Å². The minimum atomic E-state index is 0.0366. The highest BCUT2D eigenvalue weighted by atomic mass is 127. The second-order valence-electron chi connectivity index (χ2n) is 7.52. The summed E-state index contributed by atoms with van der Waals surface area (Å²) in [5.41, 5.74) is 3.57. The van der Waals surface area contributed by atoms with Crippen LogP contribution in [-0.2, 0) is 0 Å². The monoisotopic (exact) mass is 536 g/mol. The normalized spacial score (nSPS) is 13.8. The van der Waals surface area contributed by atoms with Gasteiger partial charge >= 0.3 is 0 Å². The lowest BCUT2D eigenvalue weighted by molar-refractivity contribution is 0.0760. The molecule has 0 radical (unpaired) electrons. The smallest absolute Gasteiger partial charge is 0.257 e. The summed E-state index contributed by atoms with van der Waals surface area (Å²) in [6.45, 7) is 6.21. The number of carbonyl (C=O) groups is 1. The minimum absolute atomic E-state index is 0.0366. The number of amides is 1. The predicted molar refractivity (Wildman–Crippen MR) is 127 cm³/mol. The summed E-state index contributed by atoms with van der Waals surface area (Å²) in [6, 6.07) is 4.08. The first-order valence-corrected chi connectivity index (χ1v) is 12.0. The zero-order valence-corrected chi connectivity index (χ0v) is 20.4. The molecule has 0 atom stereocenters. The number of aromatic nitrogens is 4. The molecule has 3 aromatic heterocycles. The van der Waals surface area contributed by atoms with Gasteiger partial charge in [0.15, 0.2) is 0 Å². The third-order valence-corrected chi connectivity index (χ3v) is 6.61. The molecule has 30 heavy (non-hydrogen) atoms. The predicted octanol–water partition coefficient (Wildman–Crippen LogP) is 4.32. The van der Waals surface area contributed by atoms with Gasteiger partial charge < -0.3 is 4.90 Å². The molecule has 0 unspecified atom stereocenters. The first-order chi connectivity index (χ1) is 14.5. The van der Waals surface area contributed by atoms with Crippen LogP contribution in [-0.4, -0.2) is 60.4 Å². The topological polar surface area (TPSA) is 67.2 Å². The number of thiophene rings is 1. The van der Waals surface area contributed by atoms with E-state index in [2.05, 4.69) is 42.1 Å². The van der Waals surface area contributed by atoms with Crippen LogP contribution in [0.3, 0.4) is 0 Å². The molecular weight excluding hydrogens is 511 g/mol. The molecule has 0 bridgehead atoms. The second-order valence-corrected chi connectivity index (χ2v) is 10.1. The maximum absolute atomic E-state index is 13.3. The van der Waals surface area contributed by atoms with Gasteiger partial charge in [0.05, 0.1) is 28.0 Å². The fourth-order valence-electron chi connectivity index (χ4n) is 3.46. The number of halogens is 1. The number of carbonyl (C=O) groups excluding carboxylic acids is 1. The lowest BCUT2D eigenvalue weighted by Gasteiger charge is -2.22. The highest BCUT2D eigenvalue weighted by Gasteiger charge is 2.34. The lowest BCUT2D eigenvalue weighted by atomic mass is 10.1. The molecule has 1 aliphatic rings. The third kappa shape index (κ3) is 4.42. The van der Waals surface area contributed by atoms with E-state index in [-0.39, 0.29) is 5.91 Å². The highest BCUT2D eigenvalue weighted by molar-refractivity contribution is 14.1. The van der Waals surface area contributed by atoms with Crippen LogP contribution in [0.5, 0.6) is 0 Å². The van der Waals surface area contributed by atoms with E-state index in [0.717, 1.165) is 41.2 Å². The summed E-state index contributed by atoms with van der Waals surface area (Å²) < 4.78 is 3.84. The Balaban J connectivity index is 1.70. The molecule has 0 N–H and O–H groups in total. The van der Waals surface area contributed by atoms with Gasteiger partial charge in [-0.25, -0.2) is 17.8 Å². The van der Waals surface area contributed by atoms with Crippen molar-refractivity contribution in [2.45, 2.75) is 32.6 Å². The van der Waals surface area contributed by atoms with Crippen molar-refractivity contribution in [3.05, 3.63) is 46.7 Å². The number of hydrogen-bond acceptors (Lipinski definition) is 6. The quantitative estimate of drug-likeness (QED) is 0.317. The van der Waals surface area contributed by atoms with E-state index >= 15 is 0 Å². The van der Waals surface area contributed by atoms with Crippen LogP contribution in [0.4, 0.5) is 0 Å². The Kier molecular flexibility index (Phi) is 6.49. The fourth-order valence-corrected chi connectivity index (χ4v) is 4.46. The van der Waals surface area contributed by atoms with E-state index in [0.29, 0.717) is 30.5 Å². The van der Waals surface area contributed by atoms with E-state index in [9.17, 15) is 4.79 Å². The van der Waals surface area contributed by atoms with E-state index in [1.165, 1.54) is 0 Å². The van der Waals surface area contributed by atoms with E-state index in [1.54, 1.807) is 22.2 Å². The number of likely N-dealkylation sites (N-methyl/N-ethyl adjacent to an activating group) is 2. The summed E-state index contributed by atoms with van der Waals surface area (Å²) in [4.78, 5) is 25.7. The summed E-state index contributed by atoms with van der Waals surface area (Å²) >= 11 is 3.90. The van der Waals surface area contributed by atoms with Crippen molar-refractivity contribution in [1.82, 2.24) is 27.8 Å². The van der Waals surface area contributed by atoms with E-state index < -0.39 is 0 Å². The Morgan fingerprint density at radius 1 is 1.33 bits per heavy atom. The van der Waals surface area contributed by atoms with E-state index in [4.69, 9.17) is 4.98 Å². The standard InChI is InChI=1S/C21H25IN6OS/c1-4-27(10-9-26(3)22)20(29)16-13-24-28(19(16)15-7-8-15)21-23-12-14(2)18(25-21)17-6-5-11-30-17/h5-6,11-13,15H,4,7-10H2,1-3H3. The zero-order chi connectivity index (χ0) is 21.3. The van der Waals surface area contributed by atoms with Crippen LogP contribution in [0.25, 0.3) is 16.5 Å². The zero-order valence-electron chi connectivity index (χ0n) is 17.4. The van der Waals surface area contributed by atoms with Crippen LogP contribution in [0, 0.1) is 6.92 Å². The largest absolute Gasteiger partial charge is 0.338 e. The van der Waals surface area contributed by atoms with Gasteiger partial charge in [-0.05, 0) is 50.7 Å². The molecule has 0 saturated heterocycles. The molecule has 9 heteroatoms. The Labute approximate surface area is 194 Å². The lowest BCUT2D eigenvalue weighted by Crippen LogP contribution is -2.35. The van der Waals surface area contributed by atoms with Crippen LogP contribution >= 0.6 is 34.2 Å². The molecule has 158 valence electrons. The molecule has 1 amide bonds. The van der Waals surface area contributed by atoms with Crippen molar-refractivity contribution >= 4 is 40.1 Å². The van der Waals surface area contributed by atoms with Gasteiger partial charge in [-0.1, -0.05) is 6.07 Å². The summed E-state index contributed by atoms with van der Waals surface area (Å²) in [7, 11) is 2.01. The SMILES string of the molecule is CCN(CCN(C)I)C(=O)c1cnn(-c2ncc(C)c(-c3cccs3)n2)c1C1CC1. The maximum Gasteiger partial charge on any atom is 0.257 e. The van der Waals surface area contributed by atoms with E-state index in [1.807, 2.05) is 43.4 Å². The molecular formula is C21H25IN6OS. The van der Waals surface area contributed by atoms with Crippen molar-refractivity contribution in [2.24, 2.45) is 0 Å². The van der Waals surface area contributed by atoms with Gasteiger partial charge in [-0.15, -0.1) is 11.3 Å². The summed E-state index contributed by atoms with van der Waals surface area (Å²) in [6.07, 6.45) is 5.67. The van der Waals surface area contributed by atoms with Crippen LogP contribution < -0.4 is 0 Å². The molecule has 7 nitrogen and oxygen atoms in total. The summed E-state index contributed by atoms with van der Waals surface area (Å²) in [5, 5.41) is 6.61. The molecule has 0 spiro atoms. The van der Waals surface area contributed by atoms with Gasteiger partial charge in [0.25, 0.3) is 11.9 Å². The Bertz CT molecular complexity index is 1030. The number of hydrogen-bond donors (Lipinski definition) is 0. The molecule has 0 aliphatic heterocycles. The molecule has 4 rings (SSSR count). The molecule has 1 saturated carbocycles. The van der Waals surface area contributed by atoms with Gasteiger partial charge in [-0.2, -0.15) is 5.10 Å². The molecule has 1 aliphatic carbocycles. The minimum Gasteiger partial charge on any atom is -0.338 e. The maximum atomic E-state index is 13.3. The number of aryl methyl sites for hydroxylation is 1. The van der Waals surface area contributed by atoms with Crippen molar-refractivity contribution in [1.29, 1.82) is 0 Å². The number of nitrogens with zero attached hydrogens (tertiary/aromatic N) is 6. The van der Waals surface area contributed by atoms with Crippen molar-refractivity contribution < 1.29 is 4.79 Å². The highest BCUT2D eigenvalue weighted by Crippen LogP contribution is 2.42. The first-order valence-electron chi connectivity index (χ1n) is 10.1. The Morgan fingerprint density at radius 2 is 2.13 bits per heavy atom. The molecule has 3 heterocycles. The van der Waals surface area contributed by atoms with Gasteiger partial charge in [-0.3, -0.25) is 4.79 Å². The van der Waals surface area contributed by atoms with Crippen molar-refractivity contribution in [3.63, 3.8) is 0 Å². The van der Waals surface area contributed by atoms with Crippen molar-refractivity contribution in [2.75, 3.05) is 26.7 Å². The van der Waals surface area contributed by atoms with Crippen LogP contribution in [0.1, 0.15) is 47.3 Å². The Morgan fingerprint density at radius 3 is 2.77 bits per heavy atom. The van der Waals surface area contributed by atoms with Crippen LogP contribution in [0.2, 0.25) is 0 Å². The molecule has 0 aromatic carbocycles. The average Bonchev–Trinajstić information content (AvgIpc) is 3.24. The number of rotatable bonds is 8. The fraction of sp³-hybridized carbons (Fsp3) is 0.429. The molecule has 3 aromatic rings. The van der Waals surface area contributed by atoms with Crippen LogP contribution in [0.15, 0.2) is 29.9 Å². The third-order valence-electron chi connectivity index (χ3n) is 5.25.